The van der Waals surface area contributed by atoms with E-state index in [0.717, 1.165) is 54.4 Å². The number of amides is 2. The second-order valence-corrected chi connectivity index (χ2v) is 20.4. The number of esters is 2. The van der Waals surface area contributed by atoms with Gasteiger partial charge in [0.1, 0.15) is 12.2 Å². The smallest absolute Gasteiger partial charge is 0.459 e. The van der Waals surface area contributed by atoms with Gasteiger partial charge in [-0.05, 0) is 145 Å². The molecular weight excluding hydrogens is 848 g/mol. The number of nitrogens with one attached hydrogen (secondary N) is 2. The van der Waals surface area contributed by atoms with E-state index in [1.807, 2.05) is 43.3 Å². The van der Waals surface area contributed by atoms with Crippen molar-refractivity contribution >= 4 is 36.2 Å². The molecule has 0 unspecified atom stereocenters. The highest BCUT2D eigenvalue weighted by atomic mass is 19.4. The Morgan fingerprint density at radius 3 is 2.33 bits per heavy atom. The number of carbonyl (C=O) groups is 4. The predicted molar refractivity (Wildman–Crippen MR) is 242 cm³/mol. The van der Waals surface area contributed by atoms with Gasteiger partial charge in [0.15, 0.2) is 0 Å². The van der Waals surface area contributed by atoms with Gasteiger partial charge in [0, 0.05) is 24.9 Å². The first-order valence-electron chi connectivity index (χ1n) is 23.7. The second kappa shape index (κ2) is 18.4. The lowest BCUT2D eigenvalue weighted by atomic mass is 9.43. The molecule has 11 heterocycles. The fourth-order valence-electron chi connectivity index (χ4n) is 13.5. The summed E-state index contributed by atoms with van der Waals surface area (Å²) in [4.78, 5) is 55.5. The Morgan fingerprint density at radius 2 is 1.55 bits per heavy atom. The molecular formula is C52H60F3N5O6. The zero-order valence-electron chi connectivity index (χ0n) is 37.9. The maximum Gasteiger partial charge on any atom is 0.490 e. The van der Waals surface area contributed by atoms with Gasteiger partial charge in [0.05, 0.1) is 24.0 Å². The lowest BCUT2D eigenvalue weighted by Crippen LogP contribution is -2.60. The lowest BCUT2D eigenvalue weighted by molar-refractivity contribution is -0.230. The molecule has 66 heavy (non-hydrogen) atoms. The highest BCUT2D eigenvalue weighted by Crippen LogP contribution is 2.69. The van der Waals surface area contributed by atoms with Crippen LogP contribution in [0.1, 0.15) is 123 Å². The first-order valence-corrected chi connectivity index (χ1v) is 23.7. The van der Waals surface area contributed by atoms with Crippen molar-refractivity contribution in [3.8, 4) is 0 Å². The van der Waals surface area contributed by atoms with E-state index in [0.29, 0.717) is 56.3 Å². The van der Waals surface area contributed by atoms with Crippen LogP contribution in [0.2, 0.25) is 0 Å². The van der Waals surface area contributed by atoms with Crippen molar-refractivity contribution in [2.24, 2.45) is 56.5 Å². The van der Waals surface area contributed by atoms with Gasteiger partial charge in [-0.25, -0.2) is 20.4 Å². The third-order valence-corrected chi connectivity index (χ3v) is 17.0. The van der Waals surface area contributed by atoms with Gasteiger partial charge in [-0.15, -0.1) is 0 Å². The SMILES string of the molecule is C[C@@H]1CCC(=O)N/N=C/c2ccc(cc2)CN2Cc3ccccc3C[C@H]2C(=O)N/N=C/c2cccc(c2)C(=O)O[C@@H]2CC[C@@]3(C)[C@H](CC[C@@H]4[C@@H]3C[C@H](OC(=O)C(F)(F)F)[C@]3(C)[C@@H]1CC[C@@H]43)C2. The first-order chi connectivity index (χ1) is 31.6. The number of hydrogen-bond acceptors (Lipinski definition) is 9. The molecule has 3 aromatic rings. The number of rotatable bonds is 1. The van der Waals surface area contributed by atoms with Gasteiger partial charge in [0.2, 0.25) is 5.91 Å². The van der Waals surface area contributed by atoms with Crippen molar-refractivity contribution in [1.29, 1.82) is 0 Å². The molecule has 11 nitrogen and oxygen atoms in total. The number of fused-ring (bicyclic) bond motifs is 1. The summed E-state index contributed by atoms with van der Waals surface area (Å²) < 4.78 is 53.6. The Kier molecular flexibility index (Phi) is 12.7. The average Bonchev–Trinajstić information content (AvgIpc) is 3.66. The predicted octanol–water partition coefficient (Wildman–Crippen LogP) is 8.91. The molecule has 2 N–H and O–H groups in total. The molecule has 350 valence electrons. The first kappa shape index (κ1) is 45.8. The van der Waals surface area contributed by atoms with Crippen LogP contribution in [-0.4, -0.2) is 65.5 Å². The molecule has 3 aromatic carbocycles. The fraction of sp³-hybridized carbons (Fsp3) is 0.538. The summed E-state index contributed by atoms with van der Waals surface area (Å²) in [6.45, 7) is 7.44. The molecule has 2 amide bonds. The maximum absolute atomic E-state index is 13.9. The van der Waals surface area contributed by atoms with Crippen LogP contribution >= 0.6 is 0 Å². The number of nitrogens with zero attached hydrogens (tertiary/aromatic N) is 3. The zero-order valence-corrected chi connectivity index (χ0v) is 37.9. The molecule has 15 aliphatic rings. The molecule has 18 rings (SSSR count). The summed E-state index contributed by atoms with van der Waals surface area (Å²) in [5.74, 6) is -2.65. The van der Waals surface area contributed by atoms with Crippen LogP contribution in [0.25, 0.3) is 0 Å². The third-order valence-electron chi connectivity index (χ3n) is 17.0. The lowest BCUT2D eigenvalue weighted by Gasteiger charge is -2.62. The number of halogens is 3. The molecule has 4 saturated carbocycles. The van der Waals surface area contributed by atoms with Gasteiger partial charge in [0.25, 0.3) is 5.91 Å². The molecule has 0 aromatic heterocycles. The van der Waals surface area contributed by atoms with Crippen molar-refractivity contribution in [2.75, 3.05) is 0 Å². The topological polar surface area (TPSA) is 139 Å². The van der Waals surface area contributed by atoms with Crippen molar-refractivity contribution < 1.29 is 41.8 Å². The van der Waals surface area contributed by atoms with E-state index in [1.165, 1.54) is 6.21 Å². The van der Waals surface area contributed by atoms with Gasteiger partial charge >= 0.3 is 18.1 Å². The molecule has 0 radical (unpaired) electrons. The van der Waals surface area contributed by atoms with Crippen LogP contribution in [0.5, 0.6) is 0 Å². The maximum atomic E-state index is 13.9. The summed E-state index contributed by atoms with van der Waals surface area (Å²) in [5, 5.41) is 8.54. The summed E-state index contributed by atoms with van der Waals surface area (Å²) in [6.07, 6.45) is 3.70. The summed E-state index contributed by atoms with van der Waals surface area (Å²) >= 11 is 0. The Balaban J connectivity index is 0.985. The van der Waals surface area contributed by atoms with Crippen LogP contribution < -0.4 is 10.9 Å². The van der Waals surface area contributed by atoms with Crippen molar-refractivity contribution in [3.05, 3.63) is 106 Å². The summed E-state index contributed by atoms with van der Waals surface area (Å²) in [7, 11) is 0. The third kappa shape index (κ3) is 9.06. The average molecular weight is 908 g/mol. The molecule has 11 atom stereocenters. The molecule has 11 aliphatic heterocycles. The van der Waals surface area contributed by atoms with E-state index in [-0.39, 0.29) is 65.3 Å². The number of carbonyl (C=O) groups excluding carboxylic acids is 4. The van der Waals surface area contributed by atoms with Gasteiger partial charge in [-0.2, -0.15) is 23.4 Å². The summed E-state index contributed by atoms with van der Waals surface area (Å²) in [6, 6.07) is 22.3. The number of hydrazone groups is 2. The normalized spacial score (nSPS) is 35.0. The number of ether oxygens (including phenoxy) is 2. The largest absolute Gasteiger partial charge is 0.490 e. The quantitative estimate of drug-likeness (QED) is 0.233. The Labute approximate surface area is 384 Å². The van der Waals surface area contributed by atoms with E-state index in [2.05, 4.69) is 51.9 Å². The van der Waals surface area contributed by atoms with Crippen molar-refractivity contribution in [3.63, 3.8) is 0 Å². The number of benzene rings is 3. The molecule has 12 bridgehead atoms. The van der Waals surface area contributed by atoms with Crippen LogP contribution in [0.3, 0.4) is 0 Å². The van der Waals surface area contributed by atoms with Crippen LogP contribution in [0.15, 0.2) is 83.0 Å². The van der Waals surface area contributed by atoms with Gasteiger partial charge in [-0.1, -0.05) is 81.4 Å². The zero-order chi connectivity index (χ0) is 46.4. The highest BCUT2D eigenvalue weighted by molar-refractivity contribution is 5.93. The summed E-state index contributed by atoms with van der Waals surface area (Å²) in [5.41, 5.74) is 9.49. The molecule has 14 heteroatoms. The Hall–Kier alpha value is -5.37. The Bertz CT molecular complexity index is 2390. The molecule has 0 saturated heterocycles. The molecule has 0 spiro atoms. The van der Waals surface area contributed by atoms with E-state index in [1.54, 1.807) is 30.5 Å². The monoisotopic (exact) mass is 907 g/mol. The van der Waals surface area contributed by atoms with E-state index >= 15 is 0 Å². The minimum Gasteiger partial charge on any atom is -0.459 e. The standard InChI is InChI=1S/C52H60F3N5O6/c1-31-11-20-46(61)58-56-27-32-12-14-33(15-13-32)29-60-30-37-9-5-4-8-35(37)24-44(60)47(62)59-57-28-34-7-6-10-36(23-34)48(63)65-39-21-22-50(2)38(25-39)16-17-40-42-19-18-41(31)51(42,3)45(26-43(40)50)66-49(64)52(53,54)55/h4-10,12-15,23,27-28,31,38-45H,11,16-22,24-26,29-30H2,1-3H3,(H,58,61)(H,59,62)/b56-27+,57-28+/t31-,38-,39-,40+,41-,42+,43+,44+,45+,50+,51-/m1/s1. The fourth-order valence-corrected chi connectivity index (χ4v) is 13.5. The van der Waals surface area contributed by atoms with Crippen LogP contribution in [0.4, 0.5) is 13.2 Å². The van der Waals surface area contributed by atoms with Gasteiger partial charge < -0.3 is 9.47 Å². The van der Waals surface area contributed by atoms with Gasteiger partial charge in [-0.3, -0.25) is 14.5 Å². The minimum atomic E-state index is -5.12. The second-order valence-electron chi connectivity index (χ2n) is 20.4. The molecule has 4 fully saturated rings. The highest BCUT2D eigenvalue weighted by Gasteiger charge is 2.66. The van der Waals surface area contributed by atoms with E-state index in [9.17, 15) is 32.3 Å². The van der Waals surface area contributed by atoms with Crippen molar-refractivity contribution in [1.82, 2.24) is 15.8 Å². The number of hydrogen-bond donors (Lipinski definition) is 2. The van der Waals surface area contributed by atoms with Crippen LogP contribution in [-0.2, 0) is 43.4 Å². The van der Waals surface area contributed by atoms with E-state index < -0.39 is 35.7 Å². The van der Waals surface area contributed by atoms with Crippen LogP contribution in [0, 0.1) is 46.3 Å². The molecule has 4 aliphatic carbocycles. The van der Waals surface area contributed by atoms with Crippen molar-refractivity contribution in [2.45, 2.75) is 129 Å². The Morgan fingerprint density at radius 1 is 0.803 bits per heavy atom. The minimum absolute atomic E-state index is 0.0241. The van der Waals surface area contributed by atoms with E-state index in [4.69, 9.17) is 9.47 Å². The number of alkyl halides is 3.